The van der Waals surface area contributed by atoms with Crippen molar-refractivity contribution in [2.24, 2.45) is 5.92 Å². The molecule has 0 aromatic rings. The molecule has 1 fully saturated rings. The third-order valence-corrected chi connectivity index (χ3v) is 2.13. The molecule has 1 heterocycles. The van der Waals surface area contributed by atoms with E-state index in [1.165, 1.54) is 0 Å². The Hall–Kier alpha value is -1.07. The topological polar surface area (TPSA) is 46.2 Å². The molecule has 0 spiro atoms. The summed E-state index contributed by atoms with van der Waals surface area (Å²) in [6.07, 6.45) is -3.84. The van der Waals surface area contributed by atoms with Gasteiger partial charge in [0.15, 0.2) is 0 Å². The molecule has 1 rings (SSSR count). The number of hydrogen-bond donors (Lipinski definition) is 1. The fraction of sp³-hybridized carbons (Fsp3) is 0.750. The van der Waals surface area contributed by atoms with Gasteiger partial charge in [-0.25, -0.2) is 0 Å². The molecule has 0 unspecified atom stereocenters. The maximum Gasteiger partial charge on any atom is 0.450 e. The lowest BCUT2D eigenvalue weighted by molar-refractivity contribution is -0.177. The third-order valence-electron chi connectivity index (χ3n) is 2.13. The molecule has 0 aromatic carbocycles. The van der Waals surface area contributed by atoms with E-state index in [0.717, 1.165) is 0 Å². The molecular weight excluding hydrogens is 199 g/mol. The summed E-state index contributed by atoms with van der Waals surface area (Å²) in [7, 11) is 0. The smallest absolute Gasteiger partial charge is 0.355 e. The minimum atomic E-state index is -4.91. The molecular formula is C8H10F3NO2. The first-order valence-corrected chi connectivity index (χ1v) is 4.31. The number of halogens is 3. The summed E-state index contributed by atoms with van der Waals surface area (Å²) in [4.78, 5) is 21.9. The molecule has 0 radical (unpaired) electrons. The van der Waals surface area contributed by atoms with Gasteiger partial charge in [-0.1, -0.05) is 6.42 Å². The second kappa shape index (κ2) is 3.98. The predicted molar refractivity (Wildman–Crippen MR) is 41.4 cm³/mol. The van der Waals surface area contributed by atoms with Crippen LogP contribution in [0.15, 0.2) is 0 Å². The van der Waals surface area contributed by atoms with Crippen molar-refractivity contribution in [3.05, 3.63) is 0 Å². The fourth-order valence-corrected chi connectivity index (χ4v) is 1.39. The van der Waals surface area contributed by atoms with E-state index in [4.69, 9.17) is 0 Å². The number of alkyl halides is 3. The van der Waals surface area contributed by atoms with Crippen LogP contribution in [0, 0.1) is 5.92 Å². The minimum Gasteiger partial charge on any atom is -0.355 e. The zero-order valence-electron chi connectivity index (χ0n) is 7.36. The van der Waals surface area contributed by atoms with E-state index in [0.29, 0.717) is 19.4 Å². The minimum absolute atomic E-state index is 0.00975. The summed E-state index contributed by atoms with van der Waals surface area (Å²) in [6.45, 7) is 0.348. The average molecular weight is 209 g/mol. The number of amides is 1. The monoisotopic (exact) mass is 209 g/mol. The lowest BCUT2D eigenvalue weighted by atomic mass is 9.97. The molecule has 1 amide bonds. The summed E-state index contributed by atoms with van der Waals surface area (Å²) >= 11 is 0. The predicted octanol–water partition coefficient (Wildman–Crippen LogP) is 1.03. The highest BCUT2D eigenvalue weighted by Crippen LogP contribution is 2.25. The van der Waals surface area contributed by atoms with Crippen LogP contribution in [-0.2, 0) is 9.59 Å². The second-order valence-electron chi connectivity index (χ2n) is 3.20. The molecule has 1 aliphatic heterocycles. The van der Waals surface area contributed by atoms with Gasteiger partial charge in [0.1, 0.15) is 5.92 Å². The Balaban J connectivity index is 2.74. The van der Waals surface area contributed by atoms with E-state index >= 15 is 0 Å². The SMILES string of the molecule is O=C1NCCCC[C@H]1C(=O)C(F)(F)F. The van der Waals surface area contributed by atoms with Gasteiger partial charge in [0.05, 0.1) is 0 Å². The molecule has 1 aliphatic rings. The summed E-state index contributed by atoms with van der Waals surface area (Å²) in [5, 5.41) is 2.29. The molecule has 1 atom stereocenters. The molecule has 0 aliphatic carbocycles. The number of rotatable bonds is 1. The van der Waals surface area contributed by atoms with E-state index in [-0.39, 0.29) is 6.42 Å². The summed E-state index contributed by atoms with van der Waals surface area (Å²) in [6, 6.07) is 0. The van der Waals surface area contributed by atoms with Gasteiger partial charge >= 0.3 is 6.18 Å². The maximum atomic E-state index is 12.0. The van der Waals surface area contributed by atoms with Crippen molar-refractivity contribution < 1.29 is 22.8 Å². The van der Waals surface area contributed by atoms with Crippen molar-refractivity contribution in [3.8, 4) is 0 Å². The first-order chi connectivity index (χ1) is 6.43. The van der Waals surface area contributed by atoms with Crippen LogP contribution in [0.5, 0.6) is 0 Å². The highest BCUT2D eigenvalue weighted by molar-refractivity contribution is 6.03. The largest absolute Gasteiger partial charge is 0.450 e. The van der Waals surface area contributed by atoms with Gasteiger partial charge in [-0.3, -0.25) is 9.59 Å². The molecule has 1 N–H and O–H groups in total. The molecule has 1 saturated heterocycles. The molecule has 0 saturated carbocycles. The number of ketones is 1. The van der Waals surface area contributed by atoms with Crippen LogP contribution in [0.1, 0.15) is 19.3 Å². The molecule has 6 heteroatoms. The van der Waals surface area contributed by atoms with Gasteiger partial charge in [0.2, 0.25) is 11.7 Å². The molecule has 0 aromatic heterocycles. The van der Waals surface area contributed by atoms with Crippen molar-refractivity contribution in [1.82, 2.24) is 5.32 Å². The normalized spacial score (nSPS) is 23.9. The lowest BCUT2D eigenvalue weighted by Gasteiger charge is -2.13. The van der Waals surface area contributed by atoms with E-state index < -0.39 is 23.8 Å². The van der Waals surface area contributed by atoms with Crippen LogP contribution >= 0.6 is 0 Å². The maximum absolute atomic E-state index is 12.0. The van der Waals surface area contributed by atoms with Crippen LogP contribution in [0.25, 0.3) is 0 Å². The van der Waals surface area contributed by atoms with Crippen LogP contribution in [0.4, 0.5) is 13.2 Å². The van der Waals surface area contributed by atoms with Crippen molar-refractivity contribution in [2.45, 2.75) is 25.4 Å². The first kappa shape index (κ1) is 11.0. The van der Waals surface area contributed by atoms with Gasteiger partial charge in [0.25, 0.3) is 0 Å². The van der Waals surface area contributed by atoms with Crippen LogP contribution in [0.3, 0.4) is 0 Å². The van der Waals surface area contributed by atoms with E-state index in [2.05, 4.69) is 5.32 Å². The van der Waals surface area contributed by atoms with E-state index in [1.807, 2.05) is 0 Å². The van der Waals surface area contributed by atoms with Crippen molar-refractivity contribution in [3.63, 3.8) is 0 Å². The Bertz CT molecular complexity index is 249. The number of carbonyl (C=O) groups excluding carboxylic acids is 2. The summed E-state index contributed by atoms with van der Waals surface area (Å²) in [5.41, 5.74) is 0. The van der Waals surface area contributed by atoms with Gasteiger partial charge in [-0.15, -0.1) is 0 Å². The van der Waals surface area contributed by atoms with Crippen LogP contribution < -0.4 is 5.32 Å². The van der Waals surface area contributed by atoms with Gasteiger partial charge < -0.3 is 5.32 Å². The highest BCUT2D eigenvalue weighted by atomic mass is 19.4. The van der Waals surface area contributed by atoms with E-state index in [9.17, 15) is 22.8 Å². The Morgan fingerprint density at radius 1 is 1.36 bits per heavy atom. The average Bonchev–Trinajstić information content (AvgIpc) is 2.27. The summed E-state index contributed by atoms with van der Waals surface area (Å²) < 4.78 is 36.0. The van der Waals surface area contributed by atoms with Crippen molar-refractivity contribution in [1.29, 1.82) is 0 Å². The molecule has 80 valence electrons. The number of nitrogens with one attached hydrogen (secondary N) is 1. The Morgan fingerprint density at radius 2 is 2.00 bits per heavy atom. The Kier molecular flexibility index (Phi) is 3.13. The molecule has 0 bridgehead atoms. The van der Waals surface area contributed by atoms with Crippen molar-refractivity contribution >= 4 is 11.7 Å². The number of Topliss-reactive ketones (excluding diaryl/α,β-unsaturated/α-hetero) is 1. The zero-order valence-corrected chi connectivity index (χ0v) is 7.36. The quantitative estimate of drug-likeness (QED) is 0.656. The van der Waals surface area contributed by atoms with Gasteiger partial charge in [-0.2, -0.15) is 13.2 Å². The highest BCUT2D eigenvalue weighted by Gasteiger charge is 2.46. The second-order valence-corrected chi connectivity index (χ2v) is 3.20. The standard InChI is InChI=1S/C8H10F3NO2/c9-8(10,11)6(13)5-3-1-2-4-12-7(5)14/h5H,1-4H2,(H,12,14)/t5-/m0/s1. The first-order valence-electron chi connectivity index (χ1n) is 4.31. The number of carbonyl (C=O) groups is 2. The van der Waals surface area contributed by atoms with Crippen LogP contribution in [-0.4, -0.2) is 24.4 Å². The zero-order chi connectivity index (χ0) is 10.8. The third kappa shape index (κ3) is 2.46. The Labute approximate surface area is 78.7 Å². The molecule has 3 nitrogen and oxygen atoms in total. The van der Waals surface area contributed by atoms with Crippen LogP contribution in [0.2, 0.25) is 0 Å². The lowest BCUT2D eigenvalue weighted by Crippen LogP contribution is -2.40. The van der Waals surface area contributed by atoms with Crippen molar-refractivity contribution in [2.75, 3.05) is 6.54 Å². The fourth-order valence-electron chi connectivity index (χ4n) is 1.39. The molecule has 14 heavy (non-hydrogen) atoms. The van der Waals surface area contributed by atoms with Gasteiger partial charge in [-0.05, 0) is 12.8 Å². The summed E-state index contributed by atoms with van der Waals surface area (Å²) in [5.74, 6) is -4.28. The van der Waals surface area contributed by atoms with E-state index in [1.54, 1.807) is 0 Å². The Morgan fingerprint density at radius 3 is 2.57 bits per heavy atom. The number of hydrogen-bond acceptors (Lipinski definition) is 2. The van der Waals surface area contributed by atoms with Gasteiger partial charge in [0, 0.05) is 6.54 Å².